The molecule has 0 aliphatic carbocycles. The van der Waals surface area contributed by atoms with Gasteiger partial charge in [0.15, 0.2) is 0 Å². The Hall–Kier alpha value is -3.42. The third-order valence-electron chi connectivity index (χ3n) is 4.33. The van der Waals surface area contributed by atoms with Crippen LogP contribution in [0.4, 0.5) is 11.6 Å². The second-order valence-corrected chi connectivity index (χ2v) is 7.10. The molecule has 0 radical (unpaired) electrons. The Morgan fingerprint density at radius 1 is 1.07 bits per heavy atom. The minimum atomic E-state index is -0.622. The van der Waals surface area contributed by atoms with Crippen LogP contribution in [-0.2, 0) is 0 Å². The second-order valence-electron chi connectivity index (χ2n) is 6.28. The highest BCUT2D eigenvalue weighted by Gasteiger charge is 2.15. The van der Waals surface area contributed by atoms with Crippen molar-refractivity contribution in [1.29, 1.82) is 0 Å². The van der Waals surface area contributed by atoms with Gasteiger partial charge in [0.2, 0.25) is 11.7 Å². The van der Waals surface area contributed by atoms with Gasteiger partial charge in [-0.2, -0.15) is 4.98 Å². The summed E-state index contributed by atoms with van der Waals surface area (Å²) in [6.45, 7) is 0. The molecule has 2 N–H and O–H groups in total. The molecular weight excluding hydrogens is 427 g/mol. The lowest BCUT2D eigenvalue weighted by Crippen LogP contribution is -2.17. The lowest BCUT2D eigenvalue weighted by Gasteiger charge is -2.08. The highest BCUT2D eigenvalue weighted by atomic mass is 35.5. The fourth-order valence-electron chi connectivity index (χ4n) is 2.91. The summed E-state index contributed by atoms with van der Waals surface area (Å²) in [7, 11) is 1.56. The van der Waals surface area contributed by atoms with Crippen LogP contribution < -0.4 is 16.3 Å². The fraction of sp³-hybridized carbons (Fsp3) is 0.0476. The average molecular weight is 441 g/mol. The van der Waals surface area contributed by atoms with E-state index in [9.17, 15) is 9.59 Å². The molecule has 0 saturated carbocycles. The Balaban J connectivity index is 1.71. The lowest BCUT2D eigenvalue weighted by molar-refractivity contribution is 0.0963. The maximum Gasteiger partial charge on any atom is 0.345 e. The normalized spacial score (nSPS) is 10.8. The molecule has 1 amide bonds. The zero-order chi connectivity index (χ0) is 21.3. The van der Waals surface area contributed by atoms with Crippen molar-refractivity contribution < 1.29 is 9.21 Å². The van der Waals surface area contributed by atoms with E-state index >= 15 is 0 Å². The van der Waals surface area contributed by atoms with E-state index in [4.69, 9.17) is 27.6 Å². The van der Waals surface area contributed by atoms with Crippen molar-refractivity contribution in [2.75, 3.05) is 12.4 Å². The smallest absolute Gasteiger partial charge is 0.345 e. The summed E-state index contributed by atoms with van der Waals surface area (Å²) in [4.78, 5) is 32.8. The number of carbonyl (C=O) groups excluding carboxylic acids is 1. The number of anilines is 2. The van der Waals surface area contributed by atoms with Gasteiger partial charge in [-0.25, -0.2) is 9.78 Å². The maximum atomic E-state index is 12.6. The van der Waals surface area contributed by atoms with Crippen molar-refractivity contribution in [3.8, 4) is 11.1 Å². The average Bonchev–Trinajstić information content (AvgIpc) is 2.73. The topological polar surface area (TPSA) is 97.1 Å². The number of hydrogen-bond donors (Lipinski definition) is 2. The van der Waals surface area contributed by atoms with Crippen LogP contribution in [0.25, 0.3) is 22.2 Å². The zero-order valence-electron chi connectivity index (χ0n) is 15.6. The van der Waals surface area contributed by atoms with Gasteiger partial charge in [0.05, 0.1) is 21.0 Å². The molecule has 4 aromatic rings. The van der Waals surface area contributed by atoms with Gasteiger partial charge in [-0.3, -0.25) is 4.79 Å². The van der Waals surface area contributed by atoms with Crippen molar-refractivity contribution in [3.05, 3.63) is 80.8 Å². The molecule has 4 rings (SSSR count). The minimum absolute atomic E-state index is 0.104. The standard InChI is InChI=1S/C21H14Cl2N4O3/c1-24-18(28)11-4-2-5-13(8-11)26-21-25-10-12-9-14(20(29)30-19(12)27-21)17-15(22)6-3-7-16(17)23/h2-10H,1H3,(H,24,28)(H,25,26,27). The number of amides is 1. The highest BCUT2D eigenvalue weighted by Crippen LogP contribution is 2.33. The number of nitrogens with zero attached hydrogens (tertiary/aromatic N) is 2. The van der Waals surface area contributed by atoms with E-state index in [1.807, 2.05) is 0 Å². The van der Waals surface area contributed by atoms with Crippen LogP contribution in [0.1, 0.15) is 10.4 Å². The van der Waals surface area contributed by atoms with E-state index in [2.05, 4.69) is 20.6 Å². The van der Waals surface area contributed by atoms with Crippen molar-refractivity contribution in [2.45, 2.75) is 0 Å². The molecule has 0 fully saturated rings. The van der Waals surface area contributed by atoms with Gasteiger partial charge in [-0.1, -0.05) is 35.3 Å². The minimum Gasteiger partial charge on any atom is -0.403 e. The molecule has 7 nitrogen and oxygen atoms in total. The molecule has 30 heavy (non-hydrogen) atoms. The first-order valence-corrected chi connectivity index (χ1v) is 9.56. The predicted molar refractivity (Wildman–Crippen MR) is 117 cm³/mol. The monoisotopic (exact) mass is 440 g/mol. The van der Waals surface area contributed by atoms with E-state index in [0.717, 1.165) is 0 Å². The summed E-state index contributed by atoms with van der Waals surface area (Å²) in [5.74, 6) is -0.00179. The fourth-order valence-corrected chi connectivity index (χ4v) is 3.52. The van der Waals surface area contributed by atoms with Crippen LogP contribution in [0, 0.1) is 0 Å². The van der Waals surface area contributed by atoms with Gasteiger partial charge in [-0.15, -0.1) is 0 Å². The SMILES string of the molecule is CNC(=O)c1cccc(Nc2ncc3cc(-c4c(Cl)cccc4Cl)c(=O)oc3n2)c1. The number of aromatic nitrogens is 2. The van der Waals surface area contributed by atoms with Gasteiger partial charge < -0.3 is 15.1 Å². The second kappa shape index (κ2) is 8.14. The predicted octanol–water partition coefficient (Wildman–Crippen LogP) is 4.66. The zero-order valence-corrected chi connectivity index (χ0v) is 17.1. The number of benzene rings is 2. The maximum absolute atomic E-state index is 12.6. The first-order valence-electron chi connectivity index (χ1n) is 8.80. The molecule has 0 bridgehead atoms. The molecule has 0 spiro atoms. The molecule has 2 aromatic heterocycles. The quantitative estimate of drug-likeness (QED) is 0.478. The number of fused-ring (bicyclic) bond motifs is 1. The lowest BCUT2D eigenvalue weighted by atomic mass is 10.1. The number of halogens is 2. The largest absolute Gasteiger partial charge is 0.403 e. The van der Waals surface area contributed by atoms with E-state index in [1.54, 1.807) is 55.6 Å². The number of carbonyl (C=O) groups is 1. The summed E-state index contributed by atoms with van der Waals surface area (Å²) in [6.07, 6.45) is 1.52. The molecule has 0 atom stereocenters. The Labute approximate surface area is 180 Å². The van der Waals surface area contributed by atoms with E-state index in [0.29, 0.717) is 32.2 Å². The van der Waals surface area contributed by atoms with Crippen molar-refractivity contribution >= 4 is 51.8 Å². The van der Waals surface area contributed by atoms with Crippen LogP contribution in [0.3, 0.4) is 0 Å². The molecule has 0 unspecified atom stereocenters. The first-order chi connectivity index (χ1) is 14.5. The van der Waals surface area contributed by atoms with Crippen LogP contribution in [0.5, 0.6) is 0 Å². The molecule has 0 aliphatic heterocycles. The third kappa shape index (κ3) is 3.85. The van der Waals surface area contributed by atoms with Crippen molar-refractivity contribution in [3.63, 3.8) is 0 Å². The van der Waals surface area contributed by atoms with Gasteiger partial charge in [0.1, 0.15) is 0 Å². The van der Waals surface area contributed by atoms with E-state index < -0.39 is 5.63 Å². The number of rotatable bonds is 4. The highest BCUT2D eigenvalue weighted by molar-refractivity contribution is 6.39. The summed E-state index contributed by atoms with van der Waals surface area (Å²) >= 11 is 12.4. The van der Waals surface area contributed by atoms with Gasteiger partial charge in [0, 0.05) is 30.1 Å². The van der Waals surface area contributed by atoms with Crippen LogP contribution >= 0.6 is 23.2 Å². The van der Waals surface area contributed by atoms with Gasteiger partial charge in [-0.05, 0) is 36.4 Å². The van der Waals surface area contributed by atoms with Gasteiger partial charge >= 0.3 is 5.63 Å². The molecular formula is C21H14Cl2N4O3. The Morgan fingerprint density at radius 2 is 1.80 bits per heavy atom. The van der Waals surface area contributed by atoms with E-state index in [-0.39, 0.29) is 23.1 Å². The molecule has 2 heterocycles. The number of nitrogens with one attached hydrogen (secondary N) is 2. The molecule has 2 aromatic carbocycles. The summed E-state index contributed by atoms with van der Waals surface area (Å²) in [6, 6.07) is 13.4. The Bertz CT molecular complexity index is 1320. The third-order valence-corrected chi connectivity index (χ3v) is 4.96. The van der Waals surface area contributed by atoms with Crippen molar-refractivity contribution in [2.24, 2.45) is 0 Å². The first kappa shape index (κ1) is 19.9. The summed E-state index contributed by atoms with van der Waals surface area (Å²) in [5.41, 5.74) is 1.19. The van der Waals surface area contributed by atoms with Gasteiger partial charge in [0.25, 0.3) is 5.91 Å². The summed E-state index contributed by atoms with van der Waals surface area (Å²) in [5, 5.41) is 6.74. The Kier molecular flexibility index (Phi) is 5.39. The van der Waals surface area contributed by atoms with Crippen molar-refractivity contribution in [1.82, 2.24) is 15.3 Å². The number of hydrogen-bond acceptors (Lipinski definition) is 6. The Morgan fingerprint density at radius 3 is 2.53 bits per heavy atom. The molecule has 9 heteroatoms. The summed E-state index contributed by atoms with van der Waals surface area (Å²) < 4.78 is 5.39. The van der Waals surface area contributed by atoms with E-state index in [1.165, 1.54) is 6.20 Å². The van der Waals surface area contributed by atoms with Crippen LogP contribution in [0.2, 0.25) is 10.0 Å². The molecule has 150 valence electrons. The van der Waals surface area contributed by atoms with Crippen LogP contribution in [-0.4, -0.2) is 22.9 Å². The molecule has 0 aliphatic rings. The van der Waals surface area contributed by atoms with Crippen LogP contribution in [0.15, 0.2) is 63.9 Å². The molecule has 0 saturated heterocycles.